The van der Waals surface area contributed by atoms with Gasteiger partial charge in [0.05, 0.1) is 30.7 Å². The van der Waals surface area contributed by atoms with Crippen LogP contribution in [0.5, 0.6) is 5.75 Å². The molecular formula is C24H29N5O4. The Balaban J connectivity index is 1.46. The van der Waals surface area contributed by atoms with E-state index in [2.05, 4.69) is 10.2 Å². The molecule has 1 unspecified atom stereocenters. The Labute approximate surface area is 192 Å². The molecule has 0 saturated carbocycles. The molecule has 0 bridgehead atoms. The van der Waals surface area contributed by atoms with Crippen LogP contribution in [0.3, 0.4) is 0 Å². The van der Waals surface area contributed by atoms with Crippen LogP contribution in [0.15, 0.2) is 47.3 Å². The van der Waals surface area contributed by atoms with Crippen molar-refractivity contribution in [3.05, 3.63) is 58.5 Å². The molecule has 1 fully saturated rings. The molecular weight excluding hydrogens is 422 g/mol. The minimum Gasteiger partial charge on any atom is -0.497 e. The van der Waals surface area contributed by atoms with Gasteiger partial charge in [0.25, 0.3) is 0 Å². The summed E-state index contributed by atoms with van der Waals surface area (Å²) in [5.74, 6) is 0.634. The summed E-state index contributed by atoms with van der Waals surface area (Å²) >= 11 is 0. The van der Waals surface area contributed by atoms with E-state index in [0.717, 1.165) is 22.3 Å². The Bertz CT molecular complexity index is 1240. The lowest BCUT2D eigenvalue weighted by atomic mass is 10.0. The molecule has 9 nitrogen and oxygen atoms in total. The van der Waals surface area contributed by atoms with Crippen molar-refractivity contribution in [2.24, 2.45) is 14.1 Å². The maximum absolute atomic E-state index is 12.8. The predicted octanol–water partition coefficient (Wildman–Crippen LogP) is 1.73. The molecule has 1 saturated heterocycles. The summed E-state index contributed by atoms with van der Waals surface area (Å²) < 4.78 is 8.38. The number of hydrogen-bond acceptors (Lipinski definition) is 5. The monoisotopic (exact) mass is 451 g/mol. The second kappa shape index (κ2) is 9.11. The number of nitrogens with zero attached hydrogens (tertiary/aromatic N) is 4. The average Bonchev–Trinajstić information content (AvgIpc) is 3.02. The zero-order valence-electron chi connectivity index (χ0n) is 19.4. The number of anilines is 1. The third kappa shape index (κ3) is 4.49. The quantitative estimate of drug-likeness (QED) is 0.638. The maximum Gasteiger partial charge on any atom is 0.328 e. The minimum absolute atomic E-state index is 0.0155. The lowest BCUT2D eigenvalue weighted by Crippen LogP contribution is -2.51. The number of amides is 2. The molecule has 2 aromatic carbocycles. The highest BCUT2D eigenvalue weighted by atomic mass is 16.5. The summed E-state index contributed by atoms with van der Waals surface area (Å²) in [5, 5.41) is 2.94. The Morgan fingerprint density at radius 2 is 1.73 bits per heavy atom. The van der Waals surface area contributed by atoms with Gasteiger partial charge in [-0.05, 0) is 35.9 Å². The topological polar surface area (TPSA) is 88.8 Å². The van der Waals surface area contributed by atoms with Crippen molar-refractivity contribution in [2.45, 2.75) is 13.0 Å². The number of nitrogens with one attached hydrogen (secondary N) is 1. The molecule has 9 heteroatoms. The summed E-state index contributed by atoms with van der Waals surface area (Å²) in [5.41, 5.74) is 3.11. The van der Waals surface area contributed by atoms with Crippen molar-refractivity contribution in [1.29, 1.82) is 0 Å². The Morgan fingerprint density at radius 3 is 2.39 bits per heavy atom. The number of aromatic nitrogens is 2. The van der Waals surface area contributed by atoms with Gasteiger partial charge in [0, 0.05) is 46.3 Å². The molecule has 0 aliphatic carbocycles. The molecule has 2 heterocycles. The summed E-state index contributed by atoms with van der Waals surface area (Å²) in [4.78, 5) is 41.0. The lowest BCUT2D eigenvalue weighted by Gasteiger charge is -2.41. The van der Waals surface area contributed by atoms with Crippen LogP contribution in [0, 0.1) is 0 Å². The van der Waals surface area contributed by atoms with Crippen LogP contribution in [0.4, 0.5) is 5.69 Å². The van der Waals surface area contributed by atoms with Crippen molar-refractivity contribution in [3.8, 4) is 5.75 Å². The highest BCUT2D eigenvalue weighted by molar-refractivity contribution is 5.94. The number of carbonyl (C=O) groups is 2. The SMILES string of the molecule is COc1ccc(C2CN(CC(=O)Nc3ccc4c(c3)n(C)c(=O)n4C)CCN2C(C)=O)cc1. The van der Waals surface area contributed by atoms with E-state index >= 15 is 0 Å². The van der Waals surface area contributed by atoms with Gasteiger partial charge in [-0.2, -0.15) is 0 Å². The third-order valence-corrected chi connectivity index (χ3v) is 6.29. The Kier molecular flexibility index (Phi) is 6.24. The fourth-order valence-electron chi connectivity index (χ4n) is 4.46. The molecule has 1 aromatic heterocycles. The minimum atomic E-state index is -0.139. The number of methoxy groups -OCH3 is 1. The van der Waals surface area contributed by atoms with Gasteiger partial charge in [-0.1, -0.05) is 12.1 Å². The predicted molar refractivity (Wildman–Crippen MR) is 126 cm³/mol. The van der Waals surface area contributed by atoms with Gasteiger partial charge in [0.1, 0.15) is 5.75 Å². The van der Waals surface area contributed by atoms with Crippen LogP contribution in [0.25, 0.3) is 11.0 Å². The second-order valence-electron chi connectivity index (χ2n) is 8.39. The van der Waals surface area contributed by atoms with Crippen molar-refractivity contribution < 1.29 is 14.3 Å². The van der Waals surface area contributed by atoms with Crippen molar-refractivity contribution in [1.82, 2.24) is 18.9 Å². The van der Waals surface area contributed by atoms with Crippen molar-refractivity contribution in [2.75, 3.05) is 38.6 Å². The summed E-state index contributed by atoms with van der Waals surface area (Å²) in [7, 11) is 5.06. The second-order valence-corrected chi connectivity index (χ2v) is 8.39. The van der Waals surface area contributed by atoms with Crippen molar-refractivity contribution >= 4 is 28.5 Å². The molecule has 1 N–H and O–H groups in total. The van der Waals surface area contributed by atoms with Crippen molar-refractivity contribution in [3.63, 3.8) is 0 Å². The first kappa shape index (κ1) is 22.6. The lowest BCUT2D eigenvalue weighted by molar-refractivity contribution is -0.134. The van der Waals surface area contributed by atoms with Crippen LogP contribution >= 0.6 is 0 Å². The summed E-state index contributed by atoms with van der Waals surface area (Å²) in [6.45, 7) is 3.52. The molecule has 1 aliphatic rings. The van der Waals surface area contributed by atoms with Crippen LogP contribution in [-0.2, 0) is 23.7 Å². The number of ether oxygens (including phenoxy) is 1. The summed E-state index contributed by atoms with van der Waals surface area (Å²) in [6.07, 6.45) is 0. The average molecular weight is 452 g/mol. The van der Waals surface area contributed by atoms with Gasteiger partial charge in [0.2, 0.25) is 11.8 Å². The van der Waals surface area contributed by atoms with E-state index in [-0.39, 0.29) is 30.1 Å². The number of imidazole rings is 1. The highest BCUT2D eigenvalue weighted by Gasteiger charge is 2.30. The fourth-order valence-corrected chi connectivity index (χ4v) is 4.46. The smallest absolute Gasteiger partial charge is 0.328 e. The zero-order valence-corrected chi connectivity index (χ0v) is 19.4. The fraction of sp³-hybridized carbons (Fsp3) is 0.375. The van der Waals surface area contributed by atoms with Gasteiger partial charge < -0.3 is 15.0 Å². The number of benzene rings is 2. The van der Waals surface area contributed by atoms with Gasteiger partial charge in [-0.25, -0.2) is 4.79 Å². The van der Waals surface area contributed by atoms with E-state index in [4.69, 9.17) is 4.74 Å². The van der Waals surface area contributed by atoms with Crippen LogP contribution in [0.1, 0.15) is 18.5 Å². The standard InChI is InChI=1S/C24H29N5O4/c1-16(30)29-12-11-28(14-22(29)17-5-8-19(33-4)9-6-17)15-23(31)25-18-7-10-20-21(13-18)27(3)24(32)26(20)2/h5-10,13,22H,11-12,14-15H2,1-4H3,(H,25,31). The van der Waals surface area contributed by atoms with Gasteiger partial charge >= 0.3 is 5.69 Å². The highest BCUT2D eigenvalue weighted by Crippen LogP contribution is 2.27. The van der Waals surface area contributed by atoms with Crippen LogP contribution in [0.2, 0.25) is 0 Å². The molecule has 0 spiro atoms. The molecule has 0 radical (unpaired) electrons. The molecule has 4 rings (SSSR count). The largest absolute Gasteiger partial charge is 0.497 e. The zero-order chi connectivity index (χ0) is 23.7. The maximum atomic E-state index is 12.8. The first-order valence-electron chi connectivity index (χ1n) is 10.9. The van der Waals surface area contributed by atoms with Crippen LogP contribution < -0.4 is 15.7 Å². The third-order valence-electron chi connectivity index (χ3n) is 6.29. The number of aryl methyl sites for hydroxylation is 2. The summed E-state index contributed by atoms with van der Waals surface area (Å²) in [6, 6.07) is 13.0. The Hall–Kier alpha value is -3.59. The number of piperazine rings is 1. The number of rotatable bonds is 5. The van der Waals surface area contributed by atoms with E-state index in [9.17, 15) is 14.4 Å². The van der Waals surface area contributed by atoms with E-state index < -0.39 is 0 Å². The first-order valence-corrected chi connectivity index (χ1v) is 10.9. The van der Waals surface area contributed by atoms with Gasteiger partial charge in [-0.3, -0.25) is 23.6 Å². The van der Waals surface area contributed by atoms with Crippen LogP contribution in [-0.4, -0.2) is 64.0 Å². The van der Waals surface area contributed by atoms with Gasteiger partial charge in [-0.15, -0.1) is 0 Å². The Morgan fingerprint density at radius 1 is 1.03 bits per heavy atom. The normalized spacial score (nSPS) is 16.7. The first-order chi connectivity index (χ1) is 15.8. The molecule has 2 amide bonds. The van der Waals surface area contributed by atoms with E-state index in [1.54, 1.807) is 43.3 Å². The van der Waals surface area contributed by atoms with E-state index in [1.165, 1.54) is 0 Å². The molecule has 174 valence electrons. The van der Waals surface area contributed by atoms with Gasteiger partial charge in [0.15, 0.2) is 0 Å². The number of fused-ring (bicyclic) bond motifs is 1. The molecule has 1 aliphatic heterocycles. The van der Waals surface area contributed by atoms with E-state index in [0.29, 0.717) is 25.3 Å². The number of hydrogen-bond donors (Lipinski definition) is 1. The molecule has 3 aromatic rings. The number of carbonyl (C=O) groups excluding carboxylic acids is 2. The molecule has 33 heavy (non-hydrogen) atoms. The molecule has 1 atom stereocenters. The van der Waals surface area contributed by atoms with E-state index in [1.807, 2.05) is 41.3 Å².